The Balaban J connectivity index is 3.57. The Morgan fingerprint density at radius 2 is 0.955 bits per heavy atom. The first-order valence-corrected chi connectivity index (χ1v) is 7.10. The van der Waals surface area contributed by atoms with E-state index >= 15 is 0 Å². The quantitative estimate of drug-likeness (QED) is 0.671. The van der Waals surface area contributed by atoms with Gasteiger partial charge in [-0.25, -0.2) is 0 Å². The van der Waals surface area contributed by atoms with Crippen molar-refractivity contribution >= 4 is 0 Å². The molecule has 0 fully saturated rings. The highest BCUT2D eigenvalue weighted by Crippen LogP contribution is 2.18. The molecule has 0 amide bonds. The fraction of sp³-hybridized carbons (Fsp3) is 0.400. The second-order valence-electron chi connectivity index (χ2n) is 7.17. The van der Waals surface area contributed by atoms with Crippen LogP contribution in [0.2, 0.25) is 0 Å². The first kappa shape index (κ1) is 17.4. The highest BCUT2D eigenvalue weighted by Gasteiger charge is 2.10. The van der Waals surface area contributed by atoms with E-state index in [9.17, 15) is 0 Å². The van der Waals surface area contributed by atoms with Gasteiger partial charge in [0, 0.05) is 22.0 Å². The smallest absolute Gasteiger partial charge is 0.101 e. The molecule has 0 spiro atoms. The maximum absolute atomic E-state index is 9.17. The van der Waals surface area contributed by atoms with E-state index in [0.717, 1.165) is 0 Å². The van der Waals surface area contributed by atoms with E-state index in [1.165, 1.54) is 0 Å². The zero-order valence-electron chi connectivity index (χ0n) is 14.0. The van der Waals surface area contributed by atoms with E-state index in [1.807, 2.05) is 53.7 Å². The summed E-state index contributed by atoms with van der Waals surface area (Å²) in [4.78, 5) is 0. The van der Waals surface area contributed by atoms with Gasteiger partial charge < -0.3 is 0 Å². The van der Waals surface area contributed by atoms with Crippen LogP contribution in [0, 0.1) is 57.2 Å². The molecule has 1 aromatic carbocycles. The van der Waals surface area contributed by atoms with Crippen LogP contribution in [0.25, 0.3) is 0 Å². The van der Waals surface area contributed by atoms with Crippen molar-refractivity contribution in [2.45, 2.75) is 41.5 Å². The molecule has 1 aromatic rings. The monoisotopic (exact) mass is 288 g/mol. The van der Waals surface area contributed by atoms with E-state index in [-0.39, 0.29) is 10.8 Å². The Morgan fingerprint density at radius 1 is 0.636 bits per heavy atom. The second kappa shape index (κ2) is 6.39. The molecule has 0 aliphatic rings. The largest absolute Gasteiger partial charge is 0.192 e. The third-order valence-electron chi connectivity index (χ3n) is 2.54. The van der Waals surface area contributed by atoms with E-state index < -0.39 is 0 Å². The van der Waals surface area contributed by atoms with Crippen LogP contribution in [0.1, 0.15) is 63.8 Å². The standard InChI is InChI=1S/C20H20N2/c1-19(2,3)9-7-15-11-17(13-21)18(14-22)12-16(15)8-10-20(4,5)6/h11-12H,1-6H3. The Bertz CT molecular complexity index is 709. The number of nitriles is 2. The molecule has 0 bridgehead atoms. The number of hydrogen-bond acceptors (Lipinski definition) is 2. The first-order chi connectivity index (χ1) is 10.1. The number of benzene rings is 1. The van der Waals surface area contributed by atoms with Crippen LogP contribution in [0.3, 0.4) is 0 Å². The molecule has 2 heteroatoms. The van der Waals surface area contributed by atoms with Gasteiger partial charge in [0.05, 0.1) is 11.1 Å². The van der Waals surface area contributed by atoms with Crippen LogP contribution < -0.4 is 0 Å². The van der Waals surface area contributed by atoms with Crippen molar-refractivity contribution in [3.8, 4) is 35.8 Å². The lowest BCUT2D eigenvalue weighted by atomic mass is 9.93. The van der Waals surface area contributed by atoms with Crippen molar-refractivity contribution in [3.05, 3.63) is 34.4 Å². The van der Waals surface area contributed by atoms with E-state index in [1.54, 1.807) is 12.1 Å². The molecule has 0 radical (unpaired) electrons. The van der Waals surface area contributed by atoms with Gasteiger partial charge in [-0.15, -0.1) is 0 Å². The fourth-order valence-corrected chi connectivity index (χ4v) is 1.50. The summed E-state index contributed by atoms with van der Waals surface area (Å²) in [6.45, 7) is 12.1. The summed E-state index contributed by atoms with van der Waals surface area (Å²) in [7, 11) is 0. The SMILES string of the molecule is CC(C)(C)C#Cc1cc(C#N)c(C#N)cc1C#CC(C)(C)C. The molecule has 0 unspecified atom stereocenters. The molecule has 0 heterocycles. The third-order valence-corrected chi connectivity index (χ3v) is 2.54. The minimum absolute atomic E-state index is 0.143. The maximum Gasteiger partial charge on any atom is 0.101 e. The minimum atomic E-state index is -0.143. The summed E-state index contributed by atoms with van der Waals surface area (Å²) >= 11 is 0. The Morgan fingerprint density at radius 3 is 1.18 bits per heavy atom. The van der Waals surface area contributed by atoms with Crippen LogP contribution in [0.5, 0.6) is 0 Å². The van der Waals surface area contributed by atoms with Gasteiger partial charge in [-0.05, 0) is 53.7 Å². The van der Waals surface area contributed by atoms with Gasteiger partial charge in [0.15, 0.2) is 0 Å². The summed E-state index contributed by atoms with van der Waals surface area (Å²) < 4.78 is 0. The highest BCUT2D eigenvalue weighted by atomic mass is 14.3. The lowest BCUT2D eigenvalue weighted by molar-refractivity contribution is 0.570. The average Bonchev–Trinajstić information content (AvgIpc) is 2.40. The Kier molecular flexibility index (Phi) is 5.05. The van der Waals surface area contributed by atoms with Gasteiger partial charge in [-0.3, -0.25) is 0 Å². The number of hydrogen-bond donors (Lipinski definition) is 0. The lowest BCUT2D eigenvalue weighted by Crippen LogP contribution is -2.01. The number of rotatable bonds is 0. The van der Waals surface area contributed by atoms with Crippen molar-refractivity contribution in [3.63, 3.8) is 0 Å². The Hall–Kier alpha value is -2.68. The van der Waals surface area contributed by atoms with Crippen molar-refractivity contribution in [1.82, 2.24) is 0 Å². The van der Waals surface area contributed by atoms with Crippen molar-refractivity contribution in [2.75, 3.05) is 0 Å². The normalized spacial score (nSPS) is 10.4. The number of nitrogens with zero attached hydrogens (tertiary/aromatic N) is 2. The van der Waals surface area contributed by atoms with Gasteiger partial charge in [-0.1, -0.05) is 23.7 Å². The molecule has 0 saturated carbocycles. The van der Waals surface area contributed by atoms with Crippen LogP contribution in [0.15, 0.2) is 12.1 Å². The van der Waals surface area contributed by atoms with Crippen molar-refractivity contribution in [2.24, 2.45) is 10.8 Å². The van der Waals surface area contributed by atoms with Gasteiger partial charge in [0.1, 0.15) is 12.1 Å². The van der Waals surface area contributed by atoms with Crippen LogP contribution in [-0.4, -0.2) is 0 Å². The summed E-state index contributed by atoms with van der Waals surface area (Å²) in [6, 6.07) is 7.40. The van der Waals surface area contributed by atoms with Crippen molar-refractivity contribution < 1.29 is 0 Å². The molecule has 0 aromatic heterocycles. The molecule has 22 heavy (non-hydrogen) atoms. The summed E-state index contributed by atoms with van der Waals surface area (Å²) in [6.07, 6.45) is 0. The van der Waals surface area contributed by atoms with E-state index in [2.05, 4.69) is 23.7 Å². The van der Waals surface area contributed by atoms with Crippen LogP contribution in [-0.2, 0) is 0 Å². The lowest BCUT2D eigenvalue weighted by Gasteiger charge is -2.09. The zero-order chi connectivity index (χ0) is 17.0. The predicted molar refractivity (Wildman–Crippen MR) is 88.5 cm³/mol. The van der Waals surface area contributed by atoms with E-state index in [0.29, 0.717) is 22.3 Å². The summed E-state index contributed by atoms with van der Waals surface area (Å²) in [5, 5.41) is 18.3. The molecule has 0 saturated heterocycles. The second-order valence-corrected chi connectivity index (χ2v) is 7.17. The van der Waals surface area contributed by atoms with Crippen molar-refractivity contribution in [1.29, 1.82) is 10.5 Å². The van der Waals surface area contributed by atoms with Gasteiger partial charge in [-0.2, -0.15) is 10.5 Å². The average molecular weight is 288 g/mol. The predicted octanol–water partition coefficient (Wildman–Crippen LogP) is 4.23. The maximum atomic E-state index is 9.17. The fourth-order valence-electron chi connectivity index (χ4n) is 1.50. The minimum Gasteiger partial charge on any atom is -0.192 e. The first-order valence-electron chi connectivity index (χ1n) is 7.10. The molecule has 0 aliphatic heterocycles. The third kappa shape index (κ3) is 5.37. The molecular weight excluding hydrogens is 268 g/mol. The summed E-state index contributed by atoms with van der Waals surface area (Å²) in [5.41, 5.74) is 1.78. The summed E-state index contributed by atoms with van der Waals surface area (Å²) in [5.74, 6) is 12.5. The molecule has 0 aliphatic carbocycles. The Labute approximate surface area is 133 Å². The zero-order valence-corrected chi connectivity index (χ0v) is 14.0. The molecular formula is C20H20N2. The van der Waals surface area contributed by atoms with Gasteiger partial charge in [0.25, 0.3) is 0 Å². The molecule has 110 valence electrons. The van der Waals surface area contributed by atoms with Gasteiger partial charge >= 0.3 is 0 Å². The highest BCUT2D eigenvalue weighted by molar-refractivity contribution is 5.59. The molecule has 1 rings (SSSR count). The molecule has 0 N–H and O–H groups in total. The van der Waals surface area contributed by atoms with Crippen LogP contribution in [0.4, 0.5) is 0 Å². The molecule has 0 atom stereocenters. The molecule has 2 nitrogen and oxygen atoms in total. The van der Waals surface area contributed by atoms with Crippen LogP contribution >= 0.6 is 0 Å². The van der Waals surface area contributed by atoms with Gasteiger partial charge in [0.2, 0.25) is 0 Å². The van der Waals surface area contributed by atoms with E-state index in [4.69, 9.17) is 10.5 Å². The topological polar surface area (TPSA) is 47.6 Å².